The van der Waals surface area contributed by atoms with Crippen LogP contribution < -0.4 is 10.6 Å². The standard InChI is InChI=1S/C23H34N6O2/c1-5-24-23(27-19-10-12-29(13-11-19)16-22(30)28(3)4)26-15-21-25-14-20(31-21)18-8-6-17(2)7-9-18/h6-9,14,19H,5,10-13,15-16H2,1-4H3,(H2,24,26,27). The second-order valence-electron chi connectivity index (χ2n) is 8.16. The Hall–Kier alpha value is -2.87. The molecule has 31 heavy (non-hydrogen) atoms. The zero-order chi connectivity index (χ0) is 22.2. The summed E-state index contributed by atoms with van der Waals surface area (Å²) in [7, 11) is 3.60. The smallest absolute Gasteiger partial charge is 0.236 e. The molecule has 0 unspecified atom stereocenters. The highest BCUT2D eigenvalue weighted by atomic mass is 16.4. The molecule has 2 aromatic rings. The largest absolute Gasteiger partial charge is 0.439 e. The second kappa shape index (κ2) is 10.9. The van der Waals surface area contributed by atoms with Gasteiger partial charge in [0.1, 0.15) is 6.54 Å². The van der Waals surface area contributed by atoms with Crippen LogP contribution in [0.2, 0.25) is 0 Å². The minimum atomic E-state index is 0.150. The number of benzene rings is 1. The Labute approximate surface area is 184 Å². The lowest BCUT2D eigenvalue weighted by atomic mass is 10.1. The van der Waals surface area contributed by atoms with Gasteiger partial charge in [0.2, 0.25) is 11.8 Å². The number of likely N-dealkylation sites (N-methyl/N-ethyl adjacent to an activating group) is 1. The highest BCUT2D eigenvalue weighted by Gasteiger charge is 2.22. The number of carbonyl (C=O) groups excluding carboxylic acids is 1. The molecule has 0 aliphatic carbocycles. The number of oxazole rings is 1. The molecule has 0 bridgehead atoms. The molecule has 8 heteroatoms. The highest BCUT2D eigenvalue weighted by molar-refractivity contribution is 5.80. The van der Waals surface area contributed by atoms with Crippen LogP contribution in [0.5, 0.6) is 0 Å². The number of piperidine rings is 1. The summed E-state index contributed by atoms with van der Waals surface area (Å²) in [5, 5.41) is 6.81. The lowest BCUT2D eigenvalue weighted by Gasteiger charge is -2.33. The van der Waals surface area contributed by atoms with Gasteiger partial charge in [-0.2, -0.15) is 0 Å². The molecule has 2 heterocycles. The molecule has 1 saturated heterocycles. The van der Waals surface area contributed by atoms with Gasteiger partial charge in [0.25, 0.3) is 0 Å². The molecule has 0 atom stereocenters. The fourth-order valence-electron chi connectivity index (χ4n) is 3.46. The Balaban J connectivity index is 1.53. The summed E-state index contributed by atoms with van der Waals surface area (Å²) in [6.07, 6.45) is 3.70. The number of aryl methyl sites for hydroxylation is 1. The molecular formula is C23H34N6O2. The van der Waals surface area contributed by atoms with Gasteiger partial charge in [0.15, 0.2) is 11.7 Å². The van der Waals surface area contributed by atoms with Crippen LogP contribution in [0, 0.1) is 6.92 Å². The fourth-order valence-corrected chi connectivity index (χ4v) is 3.46. The zero-order valence-corrected chi connectivity index (χ0v) is 19.0. The number of guanidine groups is 1. The van der Waals surface area contributed by atoms with Gasteiger partial charge >= 0.3 is 0 Å². The van der Waals surface area contributed by atoms with Crippen LogP contribution in [0.3, 0.4) is 0 Å². The quantitative estimate of drug-likeness (QED) is 0.522. The molecule has 0 spiro atoms. The molecule has 1 aromatic carbocycles. The summed E-state index contributed by atoms with van der Waals surface area (Å²) in [6.45, 7) is 7.55. The van der Waals surface area contributed by atoms with Gasteiger partial charge in [-0.3, -0.25) is 9.69 Å². The number of nitrogens with one attached hydrogen (secondary N) is 2. The van der Waals surface area contributed by atoms with E-state index in [9.17, 15) is 4.79 Å². The predicted molar refractivity (Wildman–Crippen MR) is 123 cm³/mol. The molecule has 0 saturated carbocycles. The molecule has 0 radical (unpaired) electrons. The topological polar surface area (TPSA) is 86.0 Å². The lowest BCUT2D eigenvalue weighted by Crippen LogP contribution is -2.50. The Kier molecular flexibility index (Phi) is 8.06. The van der Waals surface area contributed by atoms with Gasteiger partial charge in [-0.25, -0.2) is 9.98 Å². The zero-order valence-electron chi connectivity index (χ0n) is 19.0. The van der Waals surface area contributed by atoms with Crippen LogP contribution in [-0.4, -0.2) is 73.0 Å². The van der Waals surface area contributed by atoms with Crippen molar-refractivity contribution >= 4 is 11.9 Å². The maximum absolute atomic E-state index is 11.9. The van der Waals surface area contributed by atoms with Crippen molar-refractivity contribution in [3.8, 4) is 11.3 Å². The fraction of sp³-hybridized carbons (Fsp3) is 0.522. The van der Waals surface area contributed by atoms with Crippen molar-refractivity contribution in [2.75, 3.05) is 40.3 Å². The number of amides is 1. The molecule has 1 aliphatic heterocycles. The number of hydrogen-bond donors (Lipinski definition) is 2. The third-order valence-electron chi connectivity index (χ3n) is 5.39. The van der Waals surface area contributed by atoms with E-state index < -0.39 is 0 Å². The van der Waals surface area contributed by atoms with Crippen LogP contribution >= 0.6 is 0 Å². The Morgan fingerprint density at radius 3 is 2.61 bits per heavy atom. The minimum Gasteiger partial charge on any atom is -0.439 e. The van der Waals surface area contributed by atoms with Crippen LogP contribution in [0.4, 0.5) is 0 Å². The number of aromatic nitrogens is 1. The summed E-state index contributed by atoms with van der Waals surface area (Å²) in [6, 6.07) is 8.52. The number of likely N-dealkylation sites (tertiary alicyclic amines) is 1. The molecule has 1 amide bonds. The van der Waals surface area contributed by atoms with E-state index in [-0.39, 0.29) is 5.91 Å². The van der Waals surface area contributed by atoms with Crippen molar-refractivity contribution in [2.24, 2.45) is 4.99 Å². The van der Waals surface area contributed by atoms with Crippen molar-refractivity contribution in [2.45, 2.75) is 39.3 Å². The molecule has 2 N–H and O–H groups in total. The van der Waals surface area contributed by atoms with Gasteiger partial charge in [0.05, 0.1) is 12.7 Å². The maximum atomic E-state index is 11.9. The van der Waals surface area contributed by atoms with Crippen LogP contribution in [0.15, 0.2) is 39.9 Å². The second-order valence-corrected chi connectivity index (χ2v) is 8.16. The minimum absolute atomic E-state index is 0.150. The maximum Gasteiger partial charge on any atom is 0.236 e. The van der Waals surface area contributed by atoms with E-state index in [0.29, 0.717) is 25.0 Å². The predicted octanol–water partition coefficient (Wildman–Crippen LogP) is 2.26. The van der Waals surface area contributed by atoms with Gasteiger partial charge in [-0.15, -0.1) is 0 Å². The summed E-state index contributed by atoms with van der Waals surface area (Å²) in [5.41, 5.74) is 2.22. The molecular weight excluding hydrogens is 392 g/mol. The SMILES string of the molecule is CCNC(=NCc1ncc(-c2ccc(C)cc2)o1)NC1CCN(CC(=O)N(C)C)CC1. The normalized spacial score (nSPS) is 15.7. The van der Waals surface area contributed by atoms with Crippen LogP contribution in [0.1, 0.15) is 31.2 Å². The average molecular weight is 427 g/mol. The summed E-state index contributed by atoms with van der Waals surface area (Å²) in [4.78, 5) is 24.8. The van der Waals surface area contributed by atoms with E-state index in [4.69, 9.17) is 4.42 Å². The van der Waals surface area contributed by atoms with E-state index in [1.807, 2.05) is 19.1 Å². The van der Waals surface area contributed by atoms with Crippen molar-refractivity contribution in [1.82, 2.24) is 25.4 Å². The first-order valence-corrected chi connectivity index (χ1v) is 10.9. The molecule has 1 fully saturated rings. The van der Waals surface area contributed by atoms with Gasteiger partial charge in [-0.1, -0.05) is 29.8 Å². The molecule has 1 aromatic heterocycles. The Bertz CT molecular complexity index is 866. The first-order chi connectivity index (χ1) is 14.9. The van der Waals surface area contributed by atoms with E-state index in [2.05, 4.69) is 44.6 Å². The van der Waals surface area contributed by atoms with Gasteiger partial charge in [-0.05, 0) is 26.7 Å². The van der Waals surface area contributed by atoms with Crippen molar-refractivity contribution in [3.05, 3.63) is 41.9 Å². The van der Waals surface area contributed by atoms with Gasteiger partial charge in [0, 0.05) is 45.3 Å². The average Bonchev–Trinajstić information content (AvgIpc) is 3.23. The number of carbonyl (C=O) groups is 1. The number of nitrogens with zero attached hydrogens (tertiary/aromatic N) is 4. The molecule has 8 nitrogen and oxygen atoms in total. The van der Waals surface area contributed by atoms with E-state index in [1.54, 1.807) is 25.2 Å². The number of aliphatic imine (C=N–C) groups is 1. The molecule has 168 valence electrons. The molecule has 1 aliphatic rings. The number of rotatable bonds is 7. The van der Waals surface area contributed by atoms with E-state index in [1.165, 1.54) is 5.56 Å². The lowest BCUT2D eigenvalue weighted by molar-refractivity contribution is -0.130. The van der Waals surface area contributed by atoms with Crippen molar-refractivity contribution in [1.29, 1.82) is 0 Å². The third-order valence-corrected chi connectivity index (χ3v) is 5.39. The van der Waals surface area contributed by atoms with E-state index in [0.717, 1.165) is 49.8 Å². The summed E-state index contributed by atoms with van der Waals surface area (Å²) >= 11 is 0. The highest BCUT2D eigenvalue weighted by Crippen LogP contribution is 2.21. The summed E-state index contributed by atoms with van der Waals surface area (Å²) < 4.78 is 5.88. The van der Waals surface area contributed by atoms with Crippen LogP contribution in [-0.2, 0) is 11.3 Å². The van der Waals surface area contributed by atoms with Crippen LogP contribution in [0.25, 0.3) is 11.3 Å². The first kappa shape index (κ1) is 22.8. The monoisotopic (exact) mass is 426 g/mol. The third kappa shape index (κ3) is 6.82. The Morgan fingerprint density at radius 1 is 1.26 bits per heavy atom. The van der Waals surface area contributed by atoms with Gasteiger partial charge < -0.3 is 20.0 Å². The van der Waals surface area contributed by atoms with E-state index >= 15 is 0 Å². The summed E-state index contributed by atoms with van der Waals surface area (Å²) in [5.74, 6) is 2.25. The van der Waals surface area contributed by atoms with Crippen molar-refractivity contribution in [3.63, 3.8) is 0 Å². The first-order valence-electron chi connectivity index (χ1n) is 10.9. The van der Waals surface area contributed by atoms with Crippen molar-refractivity contribution < 1.29 is 9.21 Å². The number of hydrogen-bond acceptors (Lipinski definition) is 5. The Morgan fingerprint density at radius 2 is 1.97 bits per heavy atom. The molecule has 3 rings (SSSR count).